The number of alkyl halides is 1. The first-order chi connectivity index (χ1) is 18.3. The lowest BCUT2D eigenvalue weighted by Gasteiger charge is -2.40. The van der Waals surface area contributed by atoms with Crippen molar-refractivity contribution >= 4 is 33.7 Å². The van der Waals surface area contributed by atoms with Crippen molar-refractivity contribution in [3.05, 3.63) is 48.6 Å². The standard InChI is InChI=1S/C27H34BrN3O7/c1-2-8-30(10-9-29-11-13-37-14-12-29)25(34)23-27-15-18(28)22(38-27)20(26(35)36)21(27)24(33)31(23)19(16-32)17-6-4-3-5-7-17/h2-7,18-23,32H,1,8-16H2,(H,35,36)/t18?,19-,20-,21+,22-,23?,27?/m1/s1. The lowest BCUT2D eigenvalue weighted by molar-refractivity contribution is -0.153. The molecule has 10 nitrogen and oxygen atoms in total. The number of nitrogens with zero attached hydrogens (tertiary/aromatic N) is 3. The first kappa shape index (κ1) is 27.3. The number of carbonyl (C=O) groups is 3. The van der Waals surface area contributed by atoms with Gasteiger partial charge in [0.1, 0.15) is 11.6 Å². The van der Waals surface area contributed by atoms with Crippen LogP contribution in [-0.4, -0.2) is 118 Å². The highest BCUT2D eigenvalue weighted by atomic mass is 79.9. The number of rotatable bonds is 10. The predicted octanol–water partition coefficient (Wildman–Crippen LogP) is 0.899. The van der Waals surface area contributed by atoms with E-state index in [9.17, 15) is 24.6 Å². The number of halogens is 1. The van der Waals surface area contributed by atoms with Crippen LogP contribution < -0.4 is 0 Å². The quantitative estimate of drug-likeness (QED) is 0.304. The Hall–Kier alpha value is -2.31. The van der Waals surface area contributed by atoms with Crippen molar-refractivity contribution in [1.29, 1.82) is 0 Å². The lowest BCUT2D eigenvalue weighted by atomic mass is 9.70. The van der Waals surface area contributed by atoms with E-state index in [1.807, 2.05) is 6.07 Å². The third kappa shape index (κ3) is 4.48. The van der Waals surface area contributed by atoms with Gasteiger partial charge in [-0.2, -0.15) is 0 Å². The smallest absolute Gasteiger partial charge is 0.310 e. The molecule has 4 aliphatic rings. The SMILES string of the molecule is C=CCN(CCN1CCOCC1)C(=O)C1N([C@H](CO)c2ccccc2)C(=O)[C@@H]2[C@@H](C(=O)O)[C@@H]3OC12CC3Br. The maximum Gasteiger partial charge on any atom is 0.310 e. The van der Waals surface area contributed by atoms with E-state index in [4.69, 9.17) is 9.47 Å². The third-order valence-electron chi connectivity index (χ3n) is 8.39. The van der Waals surface area contributed by atoms with E-state index in [-0.39, 0.29) is 17.3 Å². The second kappa shape index (κ2) is 11.1. The highest BCUT2D eigenvalue weighted by Crippen LogP contribution is 2.61. The predicted molar refractivity (Wildman–Crippen MR) is 140 cm³/mol. The molecular weight excluding hydrogens is 558 g/mol. The number of carbonyl (C=O) groups excluding carboxylic acids is 2. The number of benzene rings is 1. The van der Waals surface area contributed by atoms with Crippen molar-refractivity contribution in [3.8, 4) is 0 Å². The molecule has 7 atom stereocenters. The van der Waals surface area contributed by atoms with Gasteiger partial charge < -0.3 is 29.5 Å². The van der Waals surface area contributed by atoms with Gasteiger partial charge in [0.25, 0.3) is 0 Å². The largest absolute Gasteiger partial charge is 0.481 e. The minimum Gasteiger partial charge on any atom is -0.481 e. The second-order valence-electron chi connectivity index (χ2n) is 10.4. The Morgan fingerprint density at radius 3 is 2.61 bits per heavy atom. The highest BCUT2D eigenvalue weighted by Gasteiger charge is 2.77. The van der Waals surface area contributed by atoms with E-state index in [1.165, 1.54) is 4.90 Å². The number of carboxylic acids is 1. The Morgan fingerprint density at radius 2 is 1.97 bits per heavy atom. The van der Waals surface area contributed by atoms with Crippen LogP contribution in [0, 0.1) is 11.8 Å². The van der Waals surface area contributed by atoms with E-state index in [0.29, 0.717) is 38.3 Å². The number of aliphatic hydroxyl groups excluding tert-OH is 1. The number of likely N-dealkylation sites (tertiary alicyclic amines) is 1. The normalized spacial score (nSPS) is 33.3. The second-order valence-corrected chi connectivity index (χ2v) is 11.6. The molecule has 206 valence electrons. The summed E-state index contributed by atoms with van der Waals surface area (Å²) >= 11 is 3.57. The summed E-state index contributed by atoms with van der Waals surface area (Å²) in [5.74, 6) is -4.02. The lowest BCUT2D eigenvalue weighted by Crippen LogP contribution is -2.58. The van der Waals surface area contributed by atoms with Crippen molar-refractivity contribution in [1.82, 2.24) is 14.7 Å². The van der Waals surface area contributed by atoms with E-state index in [0.717, 1.165) is 13.1 Å². The molecule has 0 aromatic heterocycles. The number of aliphatic carboxylic acids is 1. The number of hydrogen-bond acceptors (Lipinski definition) is 7. The van der Waals surface area contributed by atoms with E-state index >= 15 is 0 Å². The average molecular weight is 592 g/mol. The number of carboxylic acid groups (broad SMARTS) is 1. The van der Waals surface area contributed by atoms with Crippen molar-refractivity contribution in [2.45, 2.75) is 35.0 Å². The van der Waals surface area contributed by atoms with E-state index in [2.05, 4.69) is 27.4 Å². The zero-order valence-electron chi connectivity index (χ0n) is 21.2. The number of fused-ring (bicyclic) bond motifs is 1. The maximum absolute atomic E-state index is 14.4. The van der Waals surface area contributed by atoms with Crippen LogP contribution in [0.2, 0.25) is 0 Å². The molecular formula is C27H34BrN3O7. The molecule has 5 rings (SSSR count). The van der Waals surface area contributed by atoms with Gasteiger partial charge in [-0.25, -0.2) is 0 Å². The first-order valence-corrected chi connectivity index (χ1v) is 14.0. The van der Waals surface area contributed by atoms with Gasteiger partial charge in [-0.15, -0.1) is 6.58 Å². The highest BCUT2D eigenvalue weighted by molar-refractivity contribution is 9.09. The average Bonchev–Trinajstić information content (AvgIpc) is 3.51. The maximum atomic E-state index is 14.4. The molecule has 3 unspecified atom stereocenters. The molecule has 0 radical (unpaired) electrons. The molecule has 1 aromatic rings. The molecule has 2 amide bonds. The third-order valence-corrected chi connectivity index (χ3v) is 9.24. The summed E-state index contributed by atoms with van der Waals surface area (Å²) in [6.07, 6.45) is 1.25. The molecule has 2 bridgehead atoms. The van der Waals surface area contributed by atoms with Crippen molar-refractivity contribution in [3.63, 3.8) is 0 Å². The fraction of sp³-hybridized carbons (Fsp3) is 0.593. The zero-order valence-corrected chi connectivity index (χ0v) is 22.7. The molecule has 1 spiro atoms. The molecule has 0 saturated carbocycles. The minimum atomic E-state index is -1.31. The molecule has 1 aromatic carbocycles. The summed E-state index contributed by atoms with van der Waals surface area (Å²) in [4.78, 5) is 45.9. The van der Waals surface area contributed by atoms with Gasteiger partial charge in [0.15, 0.2) is 0 Å². The number of amides is 2. The van der Waals surface area contributed by atoms with Crippen LogP contribution in [0.1, 0.15) is 18.0 Å². The summed E-state index contributed by atoms with van der Waals surface area (Å²) in [5, 5.41) is 20.6. The van der Waals surface area contributed by atoms with Gasteiger partial charge in [-0.05, 0) is 12.0 Å². The molecule has 2 N–H and O–H groups in total. The van der Waals surface area contributed by atoms with Gasteiger partial charge in [-0.1, -0.05) is 52.3 Å². The fourth-order valence-corrected chi connectivity index (χ4v) is 7.64. The van der Waals surface area contributed by atoms with Crippen molar-refractivity contribution in [2.24, 2.45) is 11.8 Å². The van der Waals surface area contributed by atoms with Crippen LogP contribution in [0.4, 0.5) is 0 Å². The molecule has 4 saturated heterocycles. The summed E-state index contributed by atoms with van der Waals surface area (Å²) in [6.45, 7) is 7.53. The van der Waals surface area contributed by atoms with Crippen molar-refractivity contribution < 1.29 is 34.1 Å². The fourth-order valence-electron chi connectivity index (χ4n) is 6.70. The van der Waals surface area contributed by atoms with Gasteiger partial charge in [0.2, 0.25) is 11.8 Å². The molecule has 4 fully saturated rings. The molecule has 38 heavy (non-hydrogen) atoms. The van der Waals surface area contributed by atoms with Crippen LogP contribution in [0.5, 0.6) is 0 Å². The van der Waals surface area contributed by atoms with Gasteiger partial charge in [0.05, 0.1) is 43.8 Å². The first-order valence-electron chi connectivity index (χ1n) is 13.1. The summed E-state index contributed by atoms with van der Waals surface area (Å²) in [7, 11) is 0. The Bertz CT molecular complexity index is 1070. The van der Waals surface area contributed by atoms with Crippen LogP contribution in [0.3, 0.4) is 0 Å². The Morgan fingerprint density at radius 1 is 1.26 bits per heavy atom. The van der Waals surface area contributed by atoms with Crippen LogP contribution in [0.25, 0.3) is 0 Å². The van der Waals surface area contributed by atoms with E-state index in [1.54, 1.807) is 35.2 Å². The van der Waals surface area contributed by atoms with Gasteiger partial charge in [0, 0.05) is 37.6 Å². The summed E-state index contributed by atoms with van der Waals surface area (Å²) in [6, 6.07) is 7.11. The van der Waals surface area contributed by atoms with E-state index < -0.39 is 54.1 Å². The summed E-state index contributed by atoms with van der Waals surface area (Å²) in [5.41, 5.74) is -0.644. The van der Waals surface area contributed by atoms with Gasteiger partial charge in [-0.3, -0.25) is 19.3 Å². The zero-order chi connectivity index (χ0) is 27.0. The Kier molecular flexibility index (Phi) is 7.93. The molecule has 0 aliphatic carbocycles. The molecule has 4 aliphatic heterocycles. The molecule has 11 heteroatoms. The minimum absolute atomic E-state index is 0.265. The number of ether oxygens (including phenoxy) is 2. The Balaban J connectivity index is 1.54. The Labute approximate surface area is 230 Å². The van der Waals surface area contributed by atoms with Crippen LogP contribution in [0.15, 0.2) is 43.0 Å². The van der Waals surface area contributed by atoms with Crippen LogP contribution >= 0.6 is 15.9 Å². The van der Waals surface area contributed by atoms with Crippen molar-refractivity contribution in [2.75, 3.05) is 52.5 Å². The topological polar surface area (TPSA) is 120 Å². The number of hydrogen-bond donors (Lipinski definition) is 2. The molecule has 4 heterocycles. The number of morpholine rings is 1. The van der Waals surface area contributed by atoms with Gasteiger partial charge >= 0.3 is 5.97 Å². The van der Waals surface area contributed by atoms with Crippen LogP contribution in [-0.2, 0) is 23.9 Å². The monoisotopic (exact) mass is 591 g/mol. The summed E-state index contributed by atoms with van der Waals surface area (Å²) < 4.78 is 11.8. The number of aliphatic hydroxyl groups is 1.